The summed E-state index contributed by atoms with van der Waals surface area (Å²) in [6.45, 7) is 11.0. The van der Waals surface area contributed by atoms with Crippen molar-refractivity contribution < 1.29 is 5.11 Å². The molecule has 0 heterocycles. The highest BCUT2D eigenvalue weighted by Gasteiger charge is 2.23. The van der Waals surface area contributed by atoms with Crippen molar-refractivity contribution in [1.82, 2.24) is 0 Å². The second kappa shape index (κ2) is 9.25. The molecule has 1 aliphatic carbocycles. The van der Waals surface area contributed by atoms with Gasteiger partial charge >= 0.3 is 0 Å². The van der Waals surface area contributed by atoms with Gasteiger partial charge < -0.3 is 5.11 Å². The molecule has 0 aromatic heterocycles. The van der Waals surface area contributed by atoms with Crippen LogP contribution in [0.4, 0.5) is 0 Å². The molecule has 0 aromatic rings. The van der Waals surface area contributed by atoms with E-state index in [9.17, 15) is 5.11 Å². The molecule has 1 heteroatoms. The Morgan fingerprint density at radius 1 is 1.29 bits per heavy atom. The Kier molecular flexibility index (Phi) is 8.03. The number of aliphatic hydroxyl groups is 1. The topological polar surface area (TPSA) is 20.2 Å². The van der Waals surface area contributed by atoms with Gasteiger partial charge in [-0.2, -0.15) is 0 Å². The molecular weight excluding hydrogens is 256 g/mol. The summed E-state index contributed by atoms with van der Waals surface area (Å²) in [5, 5.41) is 10.6. The molecule has 0 fully saturated rings. The Labute approximate surface area is 131 Å². The molecule has 1 nitrogen and oxygen atoms in total. The van der Waals surface area contributed by atoms with Crippen molar-refractivity contribution in [3.63, 3.8) is 0 Å². The van der Waals surface area contributed by atoms with Crippen LogP contribution in [0.1, 0.15) is 73.1 Å². The summed E-state index contributed by atoms with van der Waals surface area (Å²) < 4.78 is 0. The Balaban J connectivity index is 2.74. The average Bonchev–Trinajstić information content (AvgIpc) is 2.37. The smallest absolute Gasteiger partial charge is 0.0754 e. The number of hydrogen-bond acceptors (Lipinski definition) is 1. The highest BCUT2D eigenvalue weighted by atomic mass is 16.3. The minimum atomic E-state index is -0.280. The van der Waals surface area contributed by atoms with Gasteiger partial charge in [0, 0.05) is 0 Å². The molecule has 0 aromatic carbocycles. The third-order valence-corrected chi connectivity index (χ3v) is 4.70. The fraction of sp³-hybridized carbons (Fsp3) is 0.700. The predicted octanol–water partition coefficient (Wildman–Crippen LogP) is 5.81. The number of allylic oxidation sites excluding steroid dienone is 5. The molecular formula is C20H34O. The fourth-order valence-corrected chi connectivity index (χ4v) is 3.18. The molecule has 0 amide bonds. The zero-order valence-corrected chi connectivity index (χ0v) is 14.7. The van der Waals surface area contributed by atoms with Crippen molar-refractivity contribution in [1.29, 1.82) is 0 Å². The van der Waals surface area contributed by atoms with Gasteiger partial charge in [0.2, 0.25) is 0 Å². The summed E-state index contributed by atoms with van der Waals surface area (Å²) in [7, 11) is 0. The molecule has 0 bridgehead atoms. The second-order valence-electron chi connectivity index (χ2n) is 7.13. The molecule has 3 atom stereocenters. The first kappa shape index (κ1) is 18.2. The Morgan fingerprint density at radius 3 is 2.67 bits per heavy atom. The van der Waals surface area contributed by atoms with Gasteiger partial charge in [-0.25, -0.2) is 0 Å². The molecule has 1 rings (SSSR count). The van der Waals surface area contributed by atoms with Crippen LogP contribution in [0, 0.1) is 11.8 Å². The van der Waals surface area contributed by atoms with Crippen LogP contribution in [0.25, 0.3) is 0 Å². The zero-order valence-electron chi connectivity index (χ0n) is 14.7. The second-order valence-corrected chi connectivity index (χ2v) is 7.13. The summed E-state index contributed by atoms with van der Waals surface area (Å²) in [6.07, 6.45) is 13.2. The van der Waals surface area contributed by atoms with Crippen LogP contribution in [-0.4, -0.2) is 11.2 Å². The van der Waals surface area contributed by atoms with Crippen molar-refractivity contribution >= 4 is 0 Å². The Bertz CT molecular complexity index is 396. The first-order valence-electron chi connectivity index (χ1n) is 8.54. The van der Waals surface area contributed by atoms with E-state index in [-0.39, 0.29) is 6.10 Å². The average molecular weight is 290 g/mol. The van der Waals surface area contributed by atoms with Crippen LogP contribution in [0.15, 0.2) is 34.9 Å². The van der Waals surface area contributed by atoms with Gasteiger partial charge in [0.1, 0.15) is 0 Å². The summed E-state index contributed by atoms with van der Waals surface area (Å²) in [4.78, 5) is 0. The van der Waals surface area contributed by atoms with Crippen molar-refractivity contribution in [2.45, 2.75) is 79.2 Å². The maximum absolute atomic E-state index is 10.6. The highest BCUT2D eigenvalue weighted by molar-refractivity contribution is 5.09. The molecule has 1 N–H and O–H groups in total. The number of hydrogen-bond donors (Lipinski definition) is 1. The number of aliphatic hydroxyl groups excluding tert-OH is 1. The van der Waals surface area contributed by atoms with Crippen LogP contribution < -0.4 is 0 Å². The third kappa shape index (κ3) is 7.13. The van der Waals surface area contributed by atoms with Crippen molar-refractivity contribution in [3.8, 4) is 0 Å². The minimum Gasteiger partial charge on any atom is -0.389 e. The highest BCUT2D eigenvalue weighted by Crippen LogP contribution is 2.30. The van der Waals surface area contributed by atoms with Gasteiger partial charge in [0.25, 0.3) is 0 Å². The van der Waals surface area contributed by atoms with Gasteiger partial charge in [-0.3, -0.25) is 0 Å². The van der Waals surface area contributed by atoms with Crippen LogP contribution in [-0.2, 0) is 0 Å². The zero-order chi connectivity index (χ0) is 15.8. The van der Waals surface area contributed by atoms with Gasteiger partial charge in [0.05, 0.1) is 6.10 Å². The first-order chi connectivity index (χ1) is 9.90. The van der Waals surface area contributed by atoms with E-state index in [2.05, 4.69) is 52.8 Å². The molecule has 120 valence electrons. The summed E-state index contributed by atoms with van der Waals surface area (Å²) in [5.74, 6) is 0.943. The van der Waals surface area contributed by atoms with Gasteiger partial charge in [-0.05, 0) is 78.1 Å². The van der Waals surface area contributed by atoms with Crippen LogP contribution >= 0.6 is 0 Å². The van der Waals surface area contributed by atoms with E-state index in [1.54, 1.807) is 0 Å². The monoisotopic (exact) mass is 290 g/mol. The quantitative estimate of drug-likeness (QED) is 0.647. The summed E-state index contributed by atoms with van der Waals surface area (Å²) in [5.41, 5.74) is 4.21. The maximum atomic E-state index is 10.6. The van der Waals surface area contributed by atoms with E-state index >= 15 is 0 Å². The lowest BCUT2D eigenvalue weighted by atomic mass is 9.80. The van der Waals surface area contributed by atoms with E-state index in [1.807, 2.05) is 0 Å². The standard InChI is InChI=1S/C20H34O/c1-15(2)8-6-11-18(5)19-13-12-16(3)9-7-10-17(4)14-20(19)21/h8-9,14,18-21H,6-7,10-13H2,1-5H3/b16-9+,17-14+/t18?,19-,20-/m0/s1. The van der Waals surface area contributed by atoms with Gasteiger partial charge in [0.15, 0.2) is 0 Å². The summed E-state index contributed by atoms with van der Waals surface area (Å²) in [6, 6.07) is 0. The van der Waals surface area contributed by atoms with E-state index in [0.717, 1.165) is 32.1 Å². The number of rotatable bonds is 4. The maximum Gasteiger partial charge on any atom is 0.0754 e. The van der Waals surface area contributed by atoms with Gasteiger partial charge in [-0.1, -0.05) is 41.9 Å². The van der Waals surface area contributed by atoms with Crippen molar-refractivity contribution in [3.05, 3.63) is 34.9 Å². The lowest BCUT2D eigenvalue weighted by Crippen LogP contribution is -2.25. The lowest BCUT2D eigenvalue weighted by Gasteiger charge is -2.28. The largest absolute Gasteiger partial charge is 0.389 e. The molecule has 0 saturated carbocycles. The van der Waals surface area contributed by atoms with Crippen LogP contribution in [0.3, 0.4) is 0 Å². The van der Waals surface area contributed by atoms with Crippen molar-refractivity contribution in [2.24, 2.45) is 11.8 Å². The van der Waals surface area contributed by atoms with Gasteiger partial charge in [-0.15, -0.1) is 0 Å². The molecule has 1 unspecified atom stereocenters. The van der Waals surface area contributed by atoms with Crippen molar-refractivity contribution in [2.75, 3.05) is 0 Å². The lowest BCUT2D eigenvalue weighted by molar-refractivity contribution is 0.106. The van der Waals surface area contributed by atoms with E-state index < -0.39 is 0 Å². The van der Waals surface area contributed by atoms with Crippen LogP contribution in [0.5, 0.6) is 0 Å². The van der Waals surface area contributed by atoms with Crippen LogP contribution in [0.2, 0.25) is 0 Å². The SMILES string of the molecule is CC(C)=CCCC(C)[C@@H]1CC/C(C)=C/CC/C(C)=C/[C@@H]1O. The predicted molar refractivity (Wildman–Crippen MR) is 93.3 cm³/mol. The molecule has 1 aliphatic rings. The minimum absolute atomic E-state index is 0.280. The normalized spacial score (nSPS) is 30.6. The molecule has 0 saturated heterocycles. The Morgan fingerprint density at radius 2 is 2.00 bits per heavy atom. The summed E-state index contributed by atoms with van der Waals surface area (Å²) >= 11 is 0. The molecule has 0 radical (unpaired) electrons. The molecule has 0 aliphatic heterocycles. The third-order valence-electron chi connectivity index (χ3n) is 4.70. The first-order valence-corrected chi connectivity index (χ1v) is 8.54. The van der Waals surface area contributed by atoms with E-state index in [1.165, 1.54) is 23.1 Å². The molecule has 0 spiro atoms. The fourth-order valence-electron chi connectivity index (χ4n) is 3.18. The molecule has 21 heavy (non-hydrogen) atoms. The van der Waals surface area contributed by atoms with E-state index in [0.29, 0.717) is 11.8 Å². The van der Waals surface area contributed by atoms with E-state index in [4.69, 9.17) is 0 Å². The Hall–Kier alpha value is -0.820.